The average molecular weight is 311 g/mol. The van der Waals surface area contributed by atoms with Crippen molar-refractivity contribution in [1.82, 2.24) is 0 Å². The van der Waals surface area contributed by atoms with Gasteiger partial charge in [0.2, 0.25) is 0 Å². The molecular formula is C20H25NO2. The number of aryl methyl sites for hydroxylation is 1. The van der Waals surface area contributed by atoms with Gasteiger partial charge in [0.15, 0.2) is 5.78 Å². The molecule has 3 heteroatoms. The van der Waals surface area contributed by atoms with Crippen LogP contribution in [0.3, 0.4) is 0 Å². The Balaban J connectivity index is 3.27. The lowest BCUT2D eigenvalue weighted by Gasteiger charge is -2.10. The van der Waals surface area contributed by atoms with E-state index in [2.05, 4.69) is 12.1 Å². The number of rotatable bonds is 7. The summed E-state index contributed by atoms with van der Waals surface area (Å²) in [6.07, 6.45) is 6.12. The molecule has 1 aromatic carbocycles. The molecule has 0 aliphatic rings. The average Bonchev–Trinajstić information content (AvgIpc) is 2.56. The standard InChI is InChI=1S/C20H25NO2/c1-6-9-19(21-23)18(14(3)4)12-15(5)20(22)17-11-8-10-16(7-2)13-17/h6,8-14H,7H2,1-5H3/b9-6-,15-12+,19-18-. The monoisotopic (exact) mass is 311 g/mol. The van der Waals surface area contributed by atoms with Crippen LogP contribution in [-0.2, 0) is 6.42 Å². The minimum absolute atomic E-state index is 0.0239. The van der Waals surface area contributed by atoms with Gasteiger partial charge in [-0.2, -0.15) is 0 Å². The summed E-state index contributed by atoms with van der Waals surface area (Å²) in [5.74, 6) is 0.0767. The number of hydrogen-bond acceptors (Lipinski definition) is 3. The highest BCUT2D eigenvalue weighted by molar-refractivity contribution is 6.08. The van der Waals surface area contributed by atoms with Crippen LogP contribution in [0.2, 0.25) is 0 Å². The van der Waals surface area contributed by atoms with Crippen LogP contribution in [0.1, 0.15) is 50.5 Å². The van der Waals surface area contributed by atoms with Crippen LogP contribution in [0.15, 0.2) is 64.5 Å². The zero-order valence-corrected chi connectivity index (χ0v) is 14.6. The van der Waals surface area contributed by atoms with Crippen LogP contribution in [0.25, 0.3) is 0 Å². The SMILES string of the molecule is C\C=C/C(N=O)=C(\C=C(/C)C(=O)c1cccc(CC)c1)C(C)C. The zero-order chi connectivity index (χ0) is 17.4. The second-order valence-corrected chi connectivity index (χ2v) is 5.80. The van der Waals surface area contributed by atoms with Gasteiger partial charge in [-0.25, -0.2) is 0 Å². The Kier molecular flexibility index (Phi) is 7.33. The maximum absolute atomic E-state index is 12.6. The van der Waals surface area contributed by atoms with Gasteiger partial charge in [0, 0.05) is 5.56 Å². The predicted molar refractivity (Wildman–Crippen MR) is 96.4 cm³/mol. The first-order valence-electron chi connectivity index (χ1n) is 7.96. The molecule has 0 saturated carbocycles. The fraction of sp³-hybridized carbons (Fsp3) is 0.350. The maximum atomic E-state index is 12.6. The number of carbonyl (C=O) groups is 1. The van der Waals surface area contributed by atoms with Crippen molar-refractivity contribution in [3.05, 3.63) is 75.4 Å². The molecule has 0 amide bonds. The van der Waals surface area contributed by atoms with Gasteiger partial charge in [-0.15, -0.1) is 4.91 Å². The lowest BCUT2D eigenvalue weighted by atomic mass is 9.95. The van der Waals surface area contributed by atoms with Crippen molar-refractivity contribution in [3.63, 3.8) is 0 Å². The minimum Gasteiger partial charge on any atom is -0.289 e. The summed E-state index contributed by atoms with van der Waals surface area (Å²) in [6.45, 7) is 9.64. The second-order valence-electron chi connectivity index (χ2n) is 5.80. The number of ketones is 1. The Morgan fingerprint density at radius 3 is 2.52 bits per heavy atom. The molecule has 0 radical (unpaired) electrons. The summed E-state index contributed by atoms with van der Waals surface area (Å²) < 4.78 is 0. The smallest absolute Gasteiger partial charge is 0.188 e. The van der Waals surface area contributed by atoms with Crippen LogP contribution in [0.4, 0.5) is 0 Å². The molecule has 0 aromatic heterocycles. The van der Waals surface area contributed by atoms with Crippen molar-refractivity contribution in [3.8, 4) is 0 Å². The van der Waals surface area contributed by atoms with E-state index in [4.69, 9.17) is 0 Å². The maximum Gasteiger partial charge on any atom is 0.188 e. The Morgan fingerprint density at radius 1 is 1.30 bits per heavy atom. The Bertz CT molecular complexity index is 664. The quantitative estimate of drug-likeness (QED) is 0.283. The van der Waals surface area contributed by atoms with E-state index in [-0.39, 0.29) is 11.7 Å². The highest BCUT2D eigenvalue weighted by Crippen LogP contribution is 2.22. The predicted octanol–water partition coefficient (Wildman–Crippen LogP) is 5.63. The van der Waals surface area contributed by atoms with Gasteiger partial charge >= 0.3 is 0 Å². The third kappa shape index (κ3) is 5.13. The van der Waals surface area contributed by atoms with E-state index in [1.807, 2.05) is 45.0 Å². The van der Waals surface area contributed by atoms with Crippen LogP contribution >= 0.6 is 0 Å². The fourth-order valence-corrected chi connectivity index (χ4v) is 2.33. The van der Waals surface area contributed by atoms with E-state index >= 15 is 0 Å². The molecule has 0 aliphatic carbocycles. The summed E-state index contributed by atoms with van der Waals surface area (Å²) in [5.41, 5.74) is 3.56. The number of nitrogens with zero attached hydrogens (tertiary/aromatic N) is 1. The van der Waals surface area contributed by atoms with Gasteiger partial charge in [-0.05, 0) is 66.3 Å². The fourth-order valence-electron chi connectivity index (χ4n) is 2.33. The molecule has 0 saturated heterocycles. The van der Waals surface area contributed by atoms with Crippen molar-refractivity contribution in [2.45, 2.75) is 41.0 Å². The van der Waals surface area contributed by atoms with E-state index in [0.717, 1.165) is 17.6 Å². The molecule has 0 aliphatic heterocycles. The second kappa shape index (κ2) is 8.99. The molecule has 1 rings (SSSR count). The third-order valence-electron chi connectivity index (χ3n) is 3.67. The minimum atomic E-state index is -0.0239. The van der Waals surface area contributed by atoms with Crippen LogP contribution in [-0.4, -0.2) is 5.78 Å². The Morgan fingerprint density at radius 2 is 2.00 bits per heavy atom. The zero-order valence-electron chi connectivity index (χ0n) is 14.6. The number of hydrogen-bond donors (Lipinski definition) is 0. The number of Topliss-reactive ketones (excluding diaryl/α,β-unsaturated/α-hetero) is 1. The van der Waals surface area contributed by atoms with Gasteiger partial charge in [0.1, 0.15) is 5.70 Å². The van der Waals surface area contributed by atoms with E-state index in [1.165, 1.54) is 0 Å². The summed E-state index contributed by atoms with van der Waals surface area (Å²) in [5, 5.41) is 3.10. The highest BCUT2D eigenvalue weighted by Gasteiger charge is 2.13. The summed E-state index contributed by atoms with van der Waals surface area (Å²) in [6, 6.07) is 7.65. The summed E-state index contributed by atoms with van der Waals surface area (Å²) in [7, 11) is 0. The van der Waals surface area contributed by atoms with E-state index in [0.29, 0.717) is 16.8 Å². The third-order valence-corrected chi connectivity index (χ3v) is 3.67. The topological polar surface area (TPSA) is 46.5 Å². The Hall–Kier alpha value is -2.29. The van der Waals surface area contributed by atoms with Gasteiger partial charge in [-0.3, -0.25) is 4.79 Å². The van der Waals surface area contributed by atoms with E-state index in [9.17, 15) is 9.70 Å². The van der Waals surface area contributed by atoms with Crippen molar-refractivity contribution in [1.29, 1.82) is 0 Å². The number of nitroso groups, excluding NO2 is 1. The van der Waals surface area contributed by atoms with Crippen LogP contribution < -0.4 is 0 Å². The molecule has 3 nitrogen and oxygen atoms in total. The van der Waals surface area contributed by atoms with Crippen molar-refractivity contribution >= 4 is 5.78 Å². The lowest BCUT2D eigenvalue weighted by molar-refractivity contribution is 0.103. The molecule has 23 heavy (non-hydrogen) atoms. The molecule has 0 spiro atoms. The first-order chi connectivity index (χ1) is 10.9. The van der Waals surface area contributed by atoms with Crippen molar-refractivity contribution in [2.24, 2.45) is 11.1 Å². The highest BCUT2D eigenvalue weighted by atomic mass is 16.3. The van der Waals surface area contributed by atoms with Gasteiger partial charge < -0.3 is 0 Å². The van der Waals surface area contributed by atoms with Crippen molar-refractivity contribution < 1.29 is 4.79 Å². The molecule has 0 atom stereocenters. The van der Waals surface area contributed by atoms with Gasteiger partial charge in [0.05, 0.1) is 0 Å². The molecule has 0 fully saturated rings. The lowest BCUT2D eigenvalue weighted by Crippen LogP contribution is -2.04. The summed E-state index contributed by atoms with van der Waals surface area (Å²) >= 11 is 0. The van der Waals surface area contributed by atoms with Crippen molar-refractivity contribution in [2.75, 3.05) is 0 Å². The van der Waals surface area contributed by atoms with Gasteiger partial charge in [0.25, 0.3) is 0 Å². The number of benzene rings is 1. The molecule has 1 aromatic rings. The summed E-state index contributed by atoms with van der Waals surface area (Å²) in [4.78, 5) is 23.7. The molecular weight excluding hydrogens is 286 g/mol. The van der Waals surface area contributed by atoms with E-state index in [1.54, 1.807) is 25.2 Å². The first-order valence-corrected chi connectivity index (χ1v) is 7.96. The molecule has 0 unspecified atom stereocenters. The molecule has 0 bridgehead atoms. The van der Waals surface area contributed by atoms with Gasteiger partial charge in [-0.1, -0.05) is 45.0 Å². The first kappa shape index (κ1) is 18.8. The normalized spacial score (nSPS) is 13.4. The van der Waals surface area contributed by atoms with E-state index < -0.39 is 0 Å². The number of carbonyl (C=O) groups excluding carboxylic acids is 1. The van der Waals surface area contributed by atoms with Crippen LogP contribution in [0.5, 0.6) is 0 Å². The number of allylic oxidation sites excluding steroid dienone is 5. The van der Waals surface area contributed by atoms with Crippen LogP contribution in [0, 0.1) is 10.8 Å². The molecule has 0 heterocycles. The Labute approximate surface area is 138 Å². The largest absolute Gasteiger partial charge is 0.289 e. The molecule has 0 N–H and O–H groups in total. The molecule has 122 valence electrons.